The quantitative estimate of drug-likeness (QED) is 0.268. The van der Waals surface area contributed by atoms with Gasteiger partial charge in [0.2, 0.25) is 0 Å². The summed E-state index contributed by atoms with van der Waals surface area (Å²) >= 11 is 0. The zero-order chi connectivity index (χ0) is 25.2. The maximum absolute atomic E-state index is 11.1. The molecule has 7 heteroatoms. The van der Waals surface area contributed by atoms with Gasteiger partial charge in [0.1, 0.15) is 17.4 Å². The van der Waals surface area contributed by atoms with Crippen molar-refractivity contribution in [2.75, 3.05) is 20.1 Å². The monoisotopic (exact) mass is 482 g/mol. The first kappa shape index (κ1) is 23.6. The van der Waals surface area contributed by atoms with Gasteiger partial charge in [0.25, 0.3) is 0 Å². The van der Waals surface area contributed by atoms with Crippen LogP contribution in [0, 0.1) is 6.92 Å². The van der Waals surface area contributed by atoms with Gasteiger partial charge in [-0.3, -0.25) is 4.99 Å². The molecule has 1 aromatic heterocycles. The third-order valence-electron chi connectivity index (χ3n) is 6.60. The van der Waals surface area contributed by atoms with Gasteiger partial charge in [0.15, 0.2) is 0 Å². The van der Waals surface area contributed by atoms with Crippen LogP contribution in [0.2, 0.25) is 0 Å². The van der Waals surface area contributed by atoms with Gasteiger partial charge in [-0.2, -0.15) is 0 Å². The van der Waals surface area contributed by atoms with Gasteiger partial charge in [-0.15, -0.1) is 0 Å². The fraction of sp³-hybridized carbons (Fsp3) is 0.276. The summed E-state index contributed by atoms with van der Waals surface area (Å²) in [4.78, 5) is 23.0. The summed E-state index contributed by atoms with van der Waals surface area (Å²) in [6.07, 6.45) is 0.602. The van der Waals surface area contributed by atoms with E-state index in [4.69, 9.17) is 19.8 Å². The van der Waals surface area contributed by atoms with Crippen molar-refractivity contribution in [2.24, 2.45) is 4.99 Å². The number of carbonyl (C=O) groups is 1. The van der Waals surface area contributed by atoms with Crippen molar-refractivity contribution >= 4 is 23.0 Å². The van der Waals surface area contributed by atoms with Gasteiger partial charge < -0.3 is 19.3 Å². The largest absolute Gasteiger partial charge is 0.511 e. The van der Waals surface area contributed by atoms with Gasteiger partial charge in [0, 0.05) is 37.7 Å². The molecule has 3 aromatic carbocycles. The molecule has 0 unspecified atom stereocenters. The number of likely N-dealkylation sites (N-methyl/N-ethyl adjacent to an activating group) is 1. The Hall–Kier alpha value is -4.13. The first-order chi connectivity index (χ1) is 17.4. The Bertz CT molecular complexity index is 1450. The number of rotatable bonds is 7. The number of ether oxygens (including phenoxy) is 1. The molecule has 0 radical (unpaired) electrons. The summed E-state index contributed by atoms with van der Waals surface area (Å²) in [6.45, 7) is 6.77. The highest BCUT2D eigenvalue weighted by Crippen LogP contribution is 2.31. The number of imidazole rings is 1. The predicted molar refractivity (Wildman–Crippen MR) is 142 cm³/mol. The van der Waals surface area contributed by atoms with Crippen LogP contribution < -0.4 is 4.74 Å². The molecule has 0 bridgehead atoms. The van der Waals surface area contributed by atoms with E-state index in [9.17, 15) is 4.79 Å². The minimum Gasteiger partial charge on any atom is -0.449 e. The fourth-order valence-corrected chi connectivity index (χ4v) is 4.87. The maximum atomic E-state index is 11.1. The molecular weight excluding hydrogens is 452 g/mol. The van der Waals surface area contributed by atoms with Gasteiger partial charge >= 0.3 is 6.16 Å². The summed E-state index contributed by atoms with van der Waals surface area (Å²) in [5.41, 5.74) is 7.25. The molecule has 4 aromatic rings. The van der Waals surface area contributed by atoms with E-state index in [2.05, 4.69) is 54.6 Å². The van der Waals surface area contributed by atoms with Gasteiger partial charge in [-0.05, 0) is 48.2 Å². The molecule has 0 fully saturated rings. The Morgan fingerprint density at radius 2 is 1.86 bits per heavy atom. The zero-order valence-electron chi connectivity index (χ0n) is 20.9. The lowest BCUT2D eigenvalue weighted by atomic mass is 10.0. The Morgan fingerprint density at radius 3 is 2.56 bits per heavy atom. The molecule has 2 heterocycles. The molecule has 1 aliphatic rings. The highest BCUT2D eigenvalue weighted by atomic mass is 16.7. The highest BCUT2D eigenvalue weighted by molar-refractivity contribution is 6.02. The zero-order valence-corrected chi connectivity index (χ0v) is 20.9. The minimum absolute atomic E-state index is 0.325. The van der Waals surface area contributed by atoms with Crippen LogP contribution in [-0.2, 0) is 13.0 Å². The number of nitrogens with zero attached hydrogens (tertiary/aromatic N) is 4. The normalized spacial score (nSPS) is 13.3. The molecule has 0 spiro atoms. The number of aryl methyl sites for hydroxylation is 2. The summed E-state index contributed by atoms with van der Waals surface area (Å²) in [5, 5.41) is 9.06. The van der Waals surface area contributed by atoms with Crippen molar-refractivity contribution in [3.05, 3.63) is 83.2 Å². The number of aromatic nitrogens is 2. The van der Waals surface area contributed by atoms with Gasteiger partial charge in [0.05, 0.1) is 17.6 Å². The van der Waals surface area contributed by atoms with Crippen molar-refractivity contribution in [1.82, 2.24) is 14.5 Å². The molecule has 1 aliphatic heterocycles. The number of benzene rings is 3. The number of fused-ring (bicyclic) bond motifs is 1. The van der Waals surface area contributed by atoms with Crippen LogP contribution in [0.25, 0.3) is 22.2 Å². The third-order valence-corrected chi connectivity index (χ3v) is 6.60. The summed E-state index contributed by atoms with van der Waals surface area (Å²) in [7, 11) is 2.09. The van der Waals surface area contributed by atoms with Crippen LogP contribution in [0.15, 0.2) is 65.7 Å². The maximum Gasteiger partial charge on any atom is 0.511 e. The topological polar surface area (TPSA) is 80.0 Å². The summed E-state index contributed by atoms with van der Waals surface area (Å²) in [6, 6.07) is 19.8. The van der Waals surface area contributed by atoms with E-state index in [-0.39, 0.29) is 0 Å². The second-order valence-corrected chi connectivity index (χ2v) is 9.21. The molecular formula is C29H30N4O3. The average molecular weight is 483 g/mol. The van der Waals surface area contributed by atoms with E-state index in [1.54, 1.807) is 12.1 Å². The number of carboxylic acid groups (broad SMARTS) is 1. The second-order valence-electron chi connectivity index (χ2n) is 9.21. The number of para-hydroxylation sites is 1. The number of aliphatic imine (C=N–C) groups is 1. The molecule has 0 amide bonds. The molecule has 0 saturated carbocycles. The molecule has 0 saturated heterocycles. The van der Waals surface area contributed by atoms with Crippen LogP contribution in [0.3, 0.4) is 0 Å². The van der Waals surface area contributed by atoms with E-state index in [0.717, 1.165) is 76.4 Å². The fourth-order valence-electron chi connectivity index (χ4n) is 4.87. The smallest absolute Gasteiger partial charge is 0.449 e. The lowest BCUT2D eigenvalue weighted by Gasteiger charge is -2.15. The Labute approximate surface area is 210 Å². The Morgan fingerprint density at radius 1 is 1.08 bits per heavy atom. The van der Waals surface area contributed by atoms with Crippen molar-refractivity contribution in [1.29, 1.82) is 0 Å². The molecule has 7 nitrogen and oxygen atoms in total. The lowest BCUT2D eigenvalue weighted by Crippen LogP contribution is -2.23. The van der Waals surface area contributed by atoms with Crippen molar-refractivity contribution in [3.63, 3.8) is 0 Å². The summed E-state index contributed by atoms with van der Waals surface area (Å²) < 4.78 is 7.29. The average Bonchev–Trinajstić information content (AvgIpc) is 3.44. The third kappa shape index (κ3) is 4.56. The van der Waals surface area contributed by atoms with Crippen LogP contribution in [-0.4, -0.2) is 51.7 Å². The number of hydrogen-bond donors (Lipinski definition) is 1. The second kappa shape index (κ2) is 9.85. The predicted octanol–water partition coefficient (Wildman–Crippen LogP) is 5.76. The van der Waals surface area contributed by atoms with Gasteiger partial charge in [-0.25, -0.2) is 9.78 Å². The summed E-state index contributed by atoms with van der Waals surface area (Å²) in [5.74, 6) is 2.45. The Kier molecular flexibility index (Phi) is 6.46. The van der Waals surface area contributed by atoms with E-state index >= 15 is 0 Å². The first-order valence-electron chi connectivity index (χ1n) is 12.3. The molecule has 0 atom stereocenters. The van der Waals surface area contributed by atoms with Gasteiger partial charge in [-0.1, -0.05) is 49.4 Å². The van der Waals surface area contributed by atoms with E-state index in [1.165, 1.54) is 0 Å². The van der Waals surface area contributed by atoms with E-state index in [0.29, 0.717) is 12.3 Å². The van der Waals surface area contributed by atoms with Crippen molar-refractivity contribution < 1.29 is 14.6 Å². The van der Waals surface area contributed by atoms with Crippen molar-refractivity contribution in [3.8, 4) is 16.9 Å². The van der Waals surface area contributed by atoms with Crippen LogP contribution in [0.1, 0.15) is 35.9 Å². The molecule has 0 aliphatic carbocycles. The van der Waals surface area contributed by atoms with Crippen LogP contribution >= 0.6 is 0 Å². The molecule has 184 valence electrons. The highest BCUT2D eigenvalue weighted by Gasteiger charge is 2.19. The van der Waals surface area contributed by atoms with E-state index in [1.807, 2.05) is 24.3 Å². The standard InChI is InChI=1S/C29H30N4O3/c1-4-7-26-31-27-19(2)16-22(28-30-14-15-32(28)3)17-24(27)33(26)18-20-10-12-21(13-11-20)23-8-5-6-9-25(23)36-29(34)35/h5-6,8-13,16-17H,4,7,14-15,18H2,1-3H3,(H,34,35). The molecule has 36 heavy (non-hydrogen) atoms. The first-order valence-corrected chi connectivity index (χ1v) is 12.3. The number of amidine groups is 1. The Balaban J connectivity index is 1.51. The van der Waals surface area contributed by atoms with Crippen molar-refractivity contribution in [2.45, 2.75) is 33.2 Å². The van der Waals surface area contributed by atoms with Crippen LogP contribution in [0.5, 0.6) is 5.75 Å². The molecule has 1 N–H and O–H groups in total. The van der Waals surface area contributed by atoms with E-state index < -0.39 is 6.16 Å². The molecule has 5 rings (SSSR count). The number of hydrogen-bond acceptors (Lipinski definition) is 5. The SMILES string of the molecule is CCCc1nc2c(C)cc(C3=NCCN3C)cc2n1Cc1ccc(-c2ccccc2OC(=O)O)cc1. The van der Waals surface area contributed by atoms with Crippen LogP contribution in [0.4, 0.5) is 4.79 Å². The lowest BCUT2D eigenvalue weighted by molar-refractivity contribution is 0.144. The minimum atomic E-state index is -1.32.